The Balaban J connectivity index is 1.91. The molecule has 0 bridgehead atoms. The number of nitrogens with two attached hydrogens (primary N) is 1. The van der Waals surface area contributed by atoms with E-state index in [0.717, 1.165) is 16.9 Å². The zero-order valence-electron chi connectivity index (χ0n) is 11.9. The van der Waals surface area contributed by atoms with Crippen LogP contribution in [0.3, 0.4) is 0 Å². The first kappa shape index (κ1) is 14.6. The van der Waals surface area contributed by atoms with Gasteiger partial charge in [0.15, 0.2) is 0 Å². The molecule has 1 fully saturated rings. The molecule has 2 aliphatic rings. The minimum absolute atomic E-state index is 0.00355. The molecule has 6 nitrogen and oxygen atoms in total. The van der Waals surface area contributed by atoms with Crippen molar-refractivity contribution in [1.29, 1.82) is 0 Å². The van der Waals surface area contributed by atoms with E-state index in [4.69, 9.17) is 26.8 Å². The zero-order valence-corrected chi connectivity index (χ0v) is 12.7. The zero-order chi connectivity index (χ0) is 15.1. The van der Waals surface area contributed by atoms with Crippen LogP contribution in [0.15, 0.2) is 12.1 Å². The van der Waals surface area contributed by atoms with Gasteiger partial charge in [0.2, 0.25) is 5.91 Å². The number of hydrogen-bond acceptors (Lipinski definition) is 5. The number of hydrogen-bond donors (Lipinski definition) is 2. The highest BCUT2D eigenvalue weighted by atomic mass is 35.5. The largest absolute Gasteiger partial charge is 0.377 e. The highest BCUT2D eigenvalue weighted by Crippen LogP contribution is 2.39. The predicted molar refractivity (Wildman–Crippen MR) is 80.8 cm³/mol. The molecular weight excluding hydrogens is 294 g/mol. The summed E-state index contributed by atoms with van der Waals surface area (Å²) in [7, 11) is 3.34. The van der Waals surface area contributed by atoms with Crippen molar-refractivity contribution in [2.45, 2.75) is 18.2 Å². The second kappa shape index (κ2) is 5.46. The summed E-state index contributed by atoms with van der Waals surface area (Å²) in [4.78, 5) is 13.7. The molecule has 0 aliphatic carbocycles. The standard InChI is InChI=1S/C14H18ClN3O3/c1-20-11-5-18(6-12(11)21-2)10-4-9-7(3-8(10)15)13(16)14(19)17-9/h3-4,11-13H,5-6,16H2,1-2H3,(H,17,19). The van der Waals surface area contributed by atoms with E-state index in [1.807, 2.05) is 6.07 Å². The van der Waals surface area contributed by atoms with Crippen LogP contribution in [0.4, 0.5) is 11.4 Å². The van der Waals surface area contributed by atoms with Crippen molar-refractivity contribution in [3.63, 3.8) is 0 Å². The number of anilines is 2. The molecule has 0 saturated carbocycles. The first-order valence-corrected chi connectivity index (χ1v) is 7.13. The lowest BCUT2D eigenvalue weighted by atomic mass is 10.1. The maximum Gasteiger partial charge on any atom is 0.245 e. The first-order valence-electron chi connectivity index (χ1n) is 6.75. The second-order valence-electron chi connectivity index (χ2n) is 5.31. The van der Waals surface area contributed by atoms with E-state index in [2.05, 4.69) is 10.2 Å². The van der Waals surface area contributed by atoms with E-state index in [9.17, 15) is 4.79 Å². The Bertz CT molecular complexity index is 569. The van der Waals surface area contributed by atoms with Crippen molar-refractivity contribution in [1.82, 2.24) is 0 Å². The minimum atomic E-state index is -0.649. The summed E-state index contributed by atoms with van der Waals surface area (Å²) in [5.41, 5.74) is 8.14. The van der Waals surface area contributed by atoms with E-state index in [1.165, 1.54) is 0 Å². The summed E-state index contributed by atoms with van der Waals surface area (Å²) in [6, 6.07) is 2.98. The highest BCUT2D eigenvalue weighted by Gasteiger charge is 2.35. The molecule has 0 aromatic heterocycles. The van der Waals surface area contributed by atoms with E-state index in [1.54, 1.807) is 20.3 Å². The van der Waals surface area contributed by atoms with Crippen molar-refractivity contribution < 1.29 is 14.3 Å². The third-order valence-electron chi connectivity index (χ3n) is 4.16. The van der Waals surface area contributed by atoms with Crippen LogP contribution in [0.1, 0.15) is 11.6 Å². The summed E-state index contributed by atoms with van der Waals surface area (Å²) in [6.07, 6.45) is -0.00709. The van der Waals surface area contributed by atoms with E-state index in [0.29, 0.717) is 18.1 Å². The van der Waals surface area contributed by atoms with E-state index in [-0.39, 0.29) is 18.1 Å². The van der Waals surface area contributed by atoms with Gasteiger partial charge in [-0.3, -0.25) is 4.79 Å². The molecule has 1 amide bonds. The molecule has 3 unspecified atom stereocenters. The third-order valence-corrected chi connectivity index (χ3v) is 4.46. The highest BCUT2D eigenvalue weighted by molar-refractivity contribution is 6.33. The fraction of sp³-hybridized carbons (Fsp3) is 0.500. The lowest BCUT2D eigenvalue weighted by molar-refractivity contribution is -0.116. The molecule has 1 aromatic carbocycles. The quantitative estimate of drug-likeness (QED) is 0.875. The molecule has 3 rings (SSSR count). The number of methoxy groups -OCH3 is 2. The van der Waals surface area contributed by atoms with Gasteiger partial charge in [0, 0.05) is 38.6 Å². The Morgan fingerprint density at radius 1 is 1.29 bits per heavy atom. The van der Waals surface area contributed by atoms with Gasteiger partial charge >= 0.3 is 0 Å². The predicted octanol–water partition coefficient (Wildman–Crippen LogP) is 1.14. The van der Waals surface area contributed by atoms with Crippen LogP contribution in [0.5, 0.6) is 0 Å². The monoisotopic (exact) mass is 311 g/mol. The topological polar surface area (TPSA) is 76.8 Å². The smallest absolute Gasteiger partial charge is 0.245 e. The molecular formula is C14H18ClN3O3. The van der Waals surface area contributed by atoms with Gasteiger partial charge in [-0.1, -0.05) is 11.6 Å². The Kier molecular flexibility index (Phi) is 3.79. The van der Waals surface area contributed by atoms with E-state index >= 15 is 0 Å². The Hall–Kier alpha value is -1.34. The molecule has 3 atom stereocenters. The number of benzene rings is 1. The Morgan fingerprint density at radius 3 is 2.48 bits per heavy atom. The number of amides is 1. The SMILES string of the molecule is COC1CN(c2cc3c(cc2Cl)C(N)C(=O)N3)CC1OC. The molecule has 1 aromatic rings. The van der Waals surface area contributed by atoms with E-state index < -0.39 is 6.04 Å². The lowest BCUT2D eigenvalue weighted by Crippen LogP contribution is -2.27. The van der Waals surface area contributed by atoms with Gasteiger partial charge < -0.3 is 25.4 Å². The molecule has 2 heterocycles. The maximum absolute atomic E-state index is 11.6. The molecule has 1 saturated heterocycles. The van der Waals surface area contributed by atoms with Crippen LogP contribution >= 0.6 is 11.6 Å². The van der Waals surface area contributed by atoms with Gasteiger partial charge in [-0.25, -0.2) is 0 Å². The van der Waals surface area contributed by atoms with Crippen LogP contribution in [0.25, 0.3) is 0 Å². The third kappa shape index (κ3) is 2.38. The molecule has 3 N–H and O–H groups in total. The Morgan fingerprint density at radius 2 is 1.90 bits per heavy atom. The summed E-state index contributed by atoms with van der Waals surface area (Å²) in [6.45, 7) is 1.38. The van der Waals surface area contributed by atoms with Crippen molar-refractivity contribution in [3.8, 4) is 0 Å². The van der Waals surface area contributed by atoms with Crippen LogP contribution in [-0.2, 0) is 14.3 Å². The number of carbonyl (C=O) groups excluding carboxylic acids is 1. The average molecular weight is 312 g/mol. The number of carbonyl (C=O) groups is 1. The van der Waals surface area contributed by atoms with Crippen LogP contribution in [0.2, 0.25) is 5.02 Å². The van der Waals surface area contributed by atoms with Crippen LogP contribution < -0.4 is 16.0 Å². The molecule has 114 valence electrons. The Labute approximate surface area is 128 Å². The van der Waals surface area contributed by atoms with Crippen LogP contribution in [-0.4, -0.2) is 45.4 Å². The van der Waals surface area contributed by atoms with Crippen molar-refractivity contribution in [2.75, 3.05) is 37.5 Å². The molecule has 2 aliphatic heterocycles. The lowest BCUT2D eigenvalue weighted by Gasteiger charge is -2.20. The van der Waals surface area contributed by atoms with Gasteiger partial charge in [-0.2, -0.15) is 0 Å². The molecule has 0 radical (unpaired) electrons. The van der Waals surface area contributed by atoms with Crippen molar-refractivity contribution in [3.05, 3.63) is 22.7 Å². The summed E-state index contributed by atoms with van der Waals surface area (Å²) >= 11 is 6.36. The summed E-state index contributed by atoms with van der Waals surface area (Å²) < 4.78 is 10.9. The number of fused-ring (bicyclic) bond motifs is 1. The van der Waals surface area contributed by atoms with Gasteiger partial charge in [-0.15, -0.1) is 0 Å². The fourth-order valence-electron chi connectivity index (χ4n) is 2.93. The number of halogens is 1. The minimum Gasteiger partial charge on any atom is -0.377 e. The van der Waals surface area contributed by atoms with Crippen LogP contribution in [0, 0.1) is 0 Å². The van der Waals surface area contributed by atoms with Gasteiger partial charge in [-0.05, 0) is 12.1 Å². The molecule has 21 heavy (non-hydrogen) atoms. The fourth-order valence-corrected chi connectivity index (χ4v) is 3.22. The number of ether oxygens (including phenoxy) is 2. The van der Waals surface area contributed by atoms with Crippen molar-refractivity contribution >= 4 is 28.9 Å². The summed E-state index contributed by atoms with van der Waals surface area (Å²) in [5, 5.41) is 3.35. The molecule has 0 spiro atoms. The van der Waals surface area contributed by atoms with Gasteiger partial charge in [0.25, 0.3) is 0 Å². The second-order valence-corrected chi connectivity index (χ2v) is 5.72. The van der Waals surface area contributed by atoms with Gasteiger partial charge in [0.1, 0.15) is 18.2 Å². The van der Waals surface area contributed by atoms with Crippen molar-refractivity contribution in [2.24, 2.45) is 5.73 Å². The normalized spacial score (nSPS) is 27.9. The number of rotatable bonds is 3. The maximum atomic E-state index is 11.6. The summed E-state index contributed by atoms with van der Waals surface area (Å²) in [5.74, 6) is -0.204. The first-order chi connectivity index (χ1) is 10.0. The number of nitrogens with one attached hydrogen (secondary N) is 1. The molecule has 7 heteroatoms. The number of nitrogens with zero attached hydrogens (tertiary/aromatic N) is 1. The van der Waals surface area contributed by atoms with Gasteiger partial charge in [0.05, 0.1) is 10.7 Å². The average Bonchev–Trinajstić information content (AvgIpc) is 3.01.